The van der Waals surface area contributed by atoms with Gasteiger partial charge in [-0.15, -0.1) is 0 Å². The van der Waals surface area contributed by atoms with Crippen LogP contribution in [-0.2, 0) is 0 Å². The number of rotatable bonds is 3. The number of hydrogen-bond donors (Lipinski definition) is 3. The van der Waals surface area contributed by atoms with Crippen LogP contribution in [0.15, 0.2) is 48.7 Å². The molecular weight excluding hydrogens is 269 g/mol. The molecule has 0 fully saturated rings. The highest BCUT2D eigenvalue weighted by Crippen LogP contribution is 2.19. The first kappa shape index (κ1) is 14.6. The van der Waals surface area contributed by atoms with Gasteiger partial charge >= 0.3 is 6.03 Å². The molecule has 0 aliphatic rings. The molecule has 2 aromatic rings. The van der Waals surface area contributed by atoms with E-state index in [-0.39, 0.29) is 5.82 Å². The van der Waals surface area contributed by atoms with Crippen LogP contribution in [0.4, 0.5) is 20.6 Å². The van der Waals surface area contributed by atoms with Crippen LogP contribution in [0.1, 0.15) is 11.1 Å². The molecular formula is C16H16FN3O. The molecule has 0 unspecified atom stereocenters. The van der Waals surface area contributed by atoms with E-state index in [0.717, 1.165) is 5.56 Å². The van der Waals surface area contributed by atoms with Gasteiger partial charge in [0.1, 0.15) is 5.82 Å². The summed E-state index contributed by atoms with van der Waals surface area (Å²) < 4.78 is 13.0. The molecule has 0 spiro atoms. The Morgan fingerprint density at radius 1 is 1.24 bits per heavy atom. The number of nitrogen functional groups attached to an aromatic ring is 1. The molecule has 0 heterocycles. The van der Waals surface area contributed by atoms with Crippen molar-refractivity contribution in [1.82, 2.24) is 5.32 Å². The van der Waals surface area contributed by atoms with E-state index in [9.17, 15) is 9.18 Å². The van der Waals surface area contributed by atoms with Gasteiger partial charge in [0.2, 0.25) is 0 Å². The van der Waals surface area contributed by atoms with E-state index < -0.39 is 6.03 Å². The Kier molecular flexibility index (Phi) is 4.56. The Bertz CT molecular complexity index is 683. The highest BCUT2D eigenvalue weighted by molar-refractivity contribution is 5.93. The molecule has 0 aliphatic heterocycles. The van der Waals surface area contributed by atoms with E-state index in [2.05, 4.69) is 10.6 Å². The van der Waals surface area contributed by atoms with E-state index in [1.165, 1.54) is 18.3 Å². The number of carbonyl (C=O) groups is 1. The van der Waals surface area contributed by atoms with Crippen molar-refractivity contribution in [2.24, 2.45) is 0 Å². The number of carbonyl (C=O) groups excluding carboxylic acids is 1. The van der Waals surface area contributed by atoms with Crippen molar-refractivity contribution in [1.29, 1.82) is 0 Å². The van der Waals surface area contributed by atoms with Gasteiger partial charge in [-0.25, -0.2) is 9.18 Å². The lowest BCUT2D eigenvalue weighted by Crippen LogP contribution is -2.24. The fourth-order valence-electron chi connectivity index (χ4n) is 1.78. The molecule has 0 bridgehead atoms. The van der Waals surface area contributed by atoms with Gasteiger partial charge in [0.15, 0.2) is 0 Å². The van der Waals surface area contributed by atoms with Crippen LogP contribution >= 0.6 is 0 Å². The zero-order valence-corrected chi connectivity index (χ0v) is 11.6. The van der Waals surface area contributed by atoms with Gasteiger partial charge in [-0.3, -0.25) is 0 Å². The number of hydrogen-bond acceptors (Lipinski definition) is 2. The van der Waals surface area contributed by atoms with Gasteiger partial charge in [0, 0.05) is 6.20 Å². The molecule has 108 valence electrons. The smallest absolute Gasteiger partial charge is 0.323 e. The molecule has 21 heavy (non-hydrogen) atoms. The third kappa shape index (κ3) is 4.35. The molecule has 2 amide bonds. The molecule has 5 heteroatoms. The second-order valence-electron chi connectivity index (χ2n) is 4.58. The van der Waals surface area contributed by atoms with E-state index in [4.69, 9.17) is 5.73 Å². The zero-order valence-electron chi connectivity index (χ0n) is 11.6. The Morgan fingerprint density at radius 3 is 2.76 bits per heavy atom. The van der Waals surface area contributed by atoms with Crippen molar-refractivity contribution in [2.75, 3.05) is 11.1 Å². The molecule has 0 radical (unpaired) electrons. The van der Waals surface area contributed by atoms with Gasteiger partial charge in [-0.05, 0) is 48.4 Å². The summed E-state index contributed by atoms with van der Waals surface area (Å²) in [6, 6.07) is 11.0. The summed E-state index contributed by atoms with van der Waals surface area (Å²) in [5, 5.41) is 5.17. The van der Waals surface area contributed by atoms with Crippen LogP contribution in [0.5, 0.6) is 0 Å². The minimum atomic E-state index is -0.418. The molecule has 4 nitrogen and oxygen atoms in total. The second-order valence-corrected chi connectivity index (χ2v) is 4.58. The first-order valence-electron chi connectivity index (χ1n) is 6.40. The number of amides is 2. The monoisotopic (exact) mass is 285 g/mol. The number of benzene rings is 2. The summed E-state index contributed by atoms with van der Waals surface area (Å²) in [4.78, 5) is 11.7. The summed E-state index contributed by atoms with van der Waals surface area (Å²) in [6.45, 7) is 1.92. The summed E-state index contributed by atoms with van der Waals surface area (Å²) in [5.74, 6) is -0.325. The Hall–Kier alpha value is -2.82. The molecule has 0 atom stereocenters. The van der Waals surface area contributed by atoms with Gasteiger partial charge in [-0.2, -0.15) is 0 Å². The van der Waals surface area contributed by atoms with Crippen molar-refractivity contribution in [2.45, 2.75) is 6.92 Å². The third-order valence-electron chi connectivity index (χ3n) is 2.79. The molecule has 0 saturated heterocycles. The van der Waals surface area contributed by atoms with Crippen molar-refractivity contribution < 1.29 is 9.18 Å². The van der Waals surface area contributed by atoms with Gasteiger partial charge < -0.3 is 16.4 Å². The normalized spacial score (nSPS) is 10.6. The molecule has 2 aromatic carbocycles. The largest absolute Gasteiger partial charge is 0.397 e. The van der Waals surface area contributed by atoms with Gasteiger partial charge in [0.25, 0.3) is 0 Å². The van der Waals surface area contributed by atoms with Gasteiger partial charge in [-0.1, -0.05) is 18.2 Å². The summed E-state index contributed by atoms with van der Waals surface area (Å²) in [5.41, 5.74) is 8.52. The molecule has 0 saturated carbocycles. The van der Waals surface area contributed by atoms with Crippen molar-refractivity contribution in [3.63, 3.8) is 0 Å². The van der Waals surface area contributed by atoms with Crippen LogP contribution in [-0.4, -0.2) is 6.03 Å². The quantitative estimate of drug-likeness (QED) is 0.755. The van der Waals surface area contributed by atoms with Crippen LogP contribution in [0.3, 0.4) is 0 Å². The number of halogens is 1. The maximum atomic E-state index is 13.0. The maximum absolute atomic E-state index is 13.0. The Balaban J connectivity index is 1.93. The number of anilines is 2. The van der Waals surface area contributed by atoms with Crippen molar-refractivity contribution in [3.05, 3.63) is 65.6 Å². The SMILES string of the molecule is Cc1ccc(NC(=O)N/C=C/c2cccc(F)c2)c(N)c1. The molecule has 2 rings (SSSR count). The number of nitrogens with one attached hydrogen (secondary N) is 2. The average molecular weight is 285 g/mol. The van der Waals surface area contributed by atoms with E-state index in [1.807, 2.05) is 13.0 Å². The maximum Gasteiger partial charge on any atom is 0.323 e. The van der Waals surface area contributed by atoms with E-state index in [1.54, 1.807) is 30.3 Å². The summed E-state index contributed by atoms with van der Waals surface area (Å²) >= 11 is 0. The third-order valence-corrected chi connectivity index (χ3v) is 2.79. The van der Waals surface area contributed by atoms with E-state index >= 15 is 0 Å². The molecule has 0 aromatic heterocycles. The summed E-state index contributed by atoms with van der Waals surface area (Å²) in [7, 11) is 0. The van der Waals surface area contributed by atoms with Crippen LogP contribution in [0.25, 0.3) is 6.08 Å². The lowest BCUT2D eigenvalue weighted by molar-refractivity contribution is 0.255. The number of aryl methyl sites for hydroxylation is 1. The van der Waals surface area contributed by atoms with E-state index in [0.29, 0.717) is 16.9 Å². The fraction of sp³-hybridized carbons (Fsp3) is 0.0625. The Morgan fingerprint density at radius 2 is 2.05 bits per heavy atom. The topological polar surface area (TPSA) is 67.2 Å². The van der Waals surface area contributed by atoms with Gasteiger partial charge in [0.05, 0.1) is 11.4 Å². The zero-order chi connectivity index (χ0) is 15.2. The average Bonchev–Trinajstić information content (AvgIpc) is 2.42. The van der Waals surface area contributed by atoms with Crippen LogP contribution in [0, 0.1) is 12.7 Å². The predicted molar refractivity (Wildman–Crippen MR) is 83.2 cm³/mol. The minimum absolute atomic E-state index is 0.325. The predicted octanol–water partition coefficient (Wildman–Crippen LogP) is 3.51. The fourth-order valence-corrected chi connectivity index (χ4v) is 1.78. The van der Waals surface area contributed by atoms with Crippen LogP contribution in [0.2, 0.25) is 0 Å². The first-order chi connectivity index (χ1) is 10.0. The number of urea groups is 1. The second kappa shape index (κ2) is 6.56. The first-order valence-corrected chi connectivity index (χ1v) is 6.40. The molecule has 0 aliphatic carbocycles. The lowest BCUT2D eigenvalue weighted by atomic mass is 10.2. The molecule has 4 N–H and O–H groups in total. The Labute approximate surface area is 122 Å². The van der Waals surface area contributed by atoms with Crippen LogP contribution < -0.4 is 16.4 Å². The highest BCUT2D eigenvalue weighted by atomic mass is 19.1. The number of nitrogens with two attached hydrogens (primary N) is 1. The minimum Gasteiger partial charge on any atom is -0.397 e. The summed E-state index contributed by atoms with van der Waals surface area (Å²) in [6.07, 6.45) is 3.04. The van der Waals surface area contributed by atoms with Crippen molar-refractivity contribution in [3.8, 4) is 0 Å². The highest BCUT2D eigenvalue weighted by Gasteiger charge is 2.03. The standard InChI is InChI=1S/C16H16FN3O/c1-11-5-6-15(14(18)9-11)20-16(21)19-8-7-12-3-2-4-13(17)10-12/h2-10H,18H2,1H3,(H2,19,20,21)/b8-7+. The lowest BCUT2D eigenvalue weighted by Gasteiger charge is -2.08. The van der Waals surface area contributed by atoms with Crippen molar-refractivity contribution >= 4 is 23.5 Å².